The first kappa shape index (κ1) is 25.7. The van der Waals surface area contributed by atoms with E-state index in [1.165, 1.54) is 12.4 Å². The third-order valence-corrected chi connectivity index (χ3v) is 7.59. The molecule has 0 bridgehead atoms. The van der Waals surface area contributed by atoms with Crippen molar-refractivity contribution in [1.82, 2.24) is 24.9 Å². The van der Waals surface area contributed by atoms with E-state index in [4.69, 9.17) is 19.4 Å². The normalized spacial score (nSPS) is 13.9. The molecule has 1 aliphatic rings. The molecule has 4 aromatic rings. The molecule has 2 N–H and O–H groups in total. The van der Waals surface area contributed by atoms with Crippen LogP contribution in [0.2, 0.25) is 0 Å². The summed E-state index contributed by atoms with van der Waals surface area (Å²) in [6.45, 7) is 9.01. The number of carbonyl (C=O) groups excluding carboxylic acids is 1. The fourth-order valence-electron chi connectivity index (χ4n) is 4.07. The molecule has 0 radical (unpaired) electrons. The van der Waals surface area contributed by atoms with Gasteiger partial charge in [0.1, 0.15) is 5.82 Å². The van der Waals surface area contributed by atoms with Crippen LogP contribution in [0.3, 0.4) is 0 Å². The molecule has 1 saturated heterocycles. The van der Waals surface area contributed by atoms with E-state index in [-0.39, 0.29) is 0 Å². The highest BCUT2D eigenvalue weighted by Gasteiger charge is 2.27. The van der Waals surface area contributed by atoms with Crippen LogP contribution in [0, 0.1) is 0 Å². The molecule has 198 valence electrons. The summed E-state index contributed by atoms with van der Waals surface area (Å²) in [6, 6.07) is 5.97. The summed E-state index contributed by atoms with van der Waals surface area (Å²) < 4.78 is 11.6. The van der Waals surface area contributed by atoms with Crippen LogP contribution in [0.4, 0.5) is 17.6 Å². The second-order valence-electron chi connectivity index (χ2n) is 9.24. The number of pyridine rings is 1. The van der Waals surface area contributed by atoms with Gasteiger partial charge in [0, 0.05) is 49.2 Å². The predicted molar refractivity (Wildman–Crippen MR) is 148 cm³/mol. The van der Waals surface area contributed by atoms with Crippen molar-refractivity contribution in [3.05, 3.63) is 47.2 Å². The first-order valence-corrected chi connectivity index (χ1v) is 13.3. The predicted octanol–water partition coefficient (Wildman–Crippen LogP) is 3.95. The number of thiophene rings is 1. The Kier molecular flexibility index (Phi) is 7.34. The van der Waals surface area contributed by atoms with Crippen molar-refractivity contribution < 1.29 is 14.3 Å². The van der Waals surface area contributed by atoms with Crippen molar-refractivity contribution >= 4 is 45.1 Å². The maximum Gasteiger partial charge on any atom is 0.341 e. The Morgan fingerprint density at radius 1 is 1.13 bits per heavy atom. The van der Waals surface area contributed by atoms with E-state index < -0.39 is 11.5 Å². The Morgan fingerprint density at radius 3 is 2.55 bits per heavy atom. The van der Waals surface area contributed by atoms with Gasteiger partial charge in [-0.15, -0.1) is 11.3 Å². The van der Waals surface area contributed by atoms with Crippen LogP contribution in [0.25, 0.3) is 21.6 Å². The Morgan fingerprint density at radius 2 is 1.89 bits per heavy atom. The Hall–Kier alpha value is -3.90. The number of anilines is 3. The average Bonchev–Trinajstić information content (AvgIpc) is 3.39. The standard InChI is InChI=1S/C26H30N8O3S/c1-5-37-24(35)17-14-29-25(30-15-17)33-26(2,3)19-12-18-21(38-19)23(34-8-10-36-11-9-34)32-22(31-18)16-6-7-20(27-4)28-13-16/h6-7,12-15H,5,8-11H2,1-4H3,(H,27,28)(H,29,30,33). The molecule has 38 heavy (non-hydrogen) atoms. The monoisotopic (exact) mass is 534 g/mol. The fourth-order valence-corrected chi connectivity index (χ4v) is 5.24. The molecule has 0 atom stereocenters. The summed E-state index contributed by atoms with van der Waals surface area (Å²) in [6.07, 6.45) is 4.72. The van der Waals surface area contributed by atoms with Crippen LogP contribution in [0.5, 0.6) is 0 Å². The van der Waals surface area contributed by atoms with Crippen molar-refractivity contribution in [2.75, 3.05) is 55.5 Å². The molecule has 0 spiro atoms. The van der Waals surface area contributed by atoms with E-state index in [1.54, 1.807) is 24.5 Å². The van der Waals surface area contributed by atoms with E-state index in [1.807, 2.05) is 19.2 Å². The summed E-state index contributed by atoms with van der Waals surface area (Å²) >= 11 is 1.64. The summed E-state index contributed by atoms with van der Waals surface area (Å²) in [5.41, 5.74) is 1.51. The van der Waals surface area contributed by atoms with Crippen molar-refractivity contribution in [2.45, 2.75) is 26.3 Å². The lowest BCUT2D eigenvalue weighted by molar-refractivity contribution is 0.0525. The minimum absolute atomic E-state index is 0.298. The first-order valence-electron chi connectivity index (χ1n) is 12.4. The maximum absolute atomic E-state index is 11.9. The van der Waals surface area contributed by atoms with Crippen LogP contribution in [0.1, 0.15) is 36.0 Å². The molecule has 1 aliphatic heterocycles. The molecule has 5 heterocycles. The summed E-state index contributed by atoms with van der Waals surface area (Å²) in [7, 11) is 1.84. The van der Waals surface area contributed by atoms with Gasteiger partial charge in [-0.25, -0.2) is 29.7 Å². The molecular formula is C26H30N8O3S. The number of hydrogen-bond acceptors (Lipinski definition) is 12. The second kappa shape index (κ2) is 10.8. The SMILES string of the molecule is CCOC(=O)c1cnc(NC(C)(C)c2cc3nc(-c4ccc(NC)nc4)nc(N4CCOCC4)c3s2)nc1. The van der Waals surface area contributed by atoms with E-state index in [0.29, 0.717) is 37.2 Å². The van der Waals surface area contributed by atoms with Gasteiger partial charge >= 0.3 is 5.97 Å². The van der Waals surface area contributed by atoms with Crippen molar-refractivity contribution in [3.8, 4) is 11.4 Å². The number of fused-ring (bicyclic) bond motifs is 1. The molecule has 5 rings (SSSR count). The highest BCUT2D eigenvalue weighted by molar-refractivity contribution is 7.19. The second-order valence-corrected chi connectivity index (χ2v) is 10.3. The molecule has 4 aromatic heterocycles. The van der Waals surface area contributed by atoms with Gasteiger partial charge in [0.15, 0.2) is 11.6 Å². The highest BCUT2D eigenvalue weighted by Crippen LogP contribution is 2.39. The largest absolute Gasteiger partial charge is 0.462 e. The zero-order valence-corrected chi connectivity index (χ0v) is 22.6. The quantitative estimate of drug-likeness (QED) is 0.319. The lowest BCUT2D eigenvalue weighted by Crippen LogP contribution is -2.36. The lowest BCUT2D eigenvalue weighted by Gasteiger charge is -2.28. The van der Waals surface area contributed by atoms with E-state index >= 15 is 0 Å². The number of nitrogens with zero attached hydrogens (tertiary/aromatic N) is 6. The van der Waals surface area contributed by atoms with Crippen LogP contribution in [-0.4, -0.2) is 70.8 Å². The third-order valence-electron chi connectivity index (χ3n) is 6.15. The third kappa shape index (κ3) is 5.36. The number of hydrogen-bond donors (Lipinski definition) is 2. The van der Waals surface area contributed by atoms with Crippen molar-refractivity contribution in [3.63, 3.8) is 0 Å². The van der Waals surface area contributed by atoms with E-state index in [9.17, 15) is 4.79 Å². The number of aromatic nitrogens is 5. The average molecular weight is 535 g/mol. The van der Waals surface area contributed by atoms with Gasteiger partial charge in [-0.2, -0.15) is 0 Å². The van der Waals surface area contributed by atoms with Crippen LogP contribution in [-0.2, 0) is 15.0 Å². The van der Waals surface area contributed by atoms with Crippen LogP contribution in [0.15, 0.2) is 36.8 Å². The number of ether oxygens (including phenoxy) is 2. The molecule has 11 nitrogen and oxygen atoms in total. The van der Waals surface area contributed by atoms with Crippen LogP contribution < -0.4 is 15.5 Å². The number of rotatable bonds is 8. The summed E-state index contributed by atoms with van der Waals surface area (Å²) in [5.74, 6) is 2.28. The zero-order valence-electron chi connectivity index (χ0n) is 21.8. The van der Waals surface area contributed by atoms with Gasteiger partial charge in [-0.05, 0) is 39.0 Å². The minimum atomic E-state index is -0.519. The molecule has 1 fully saturated rings. The lowest BCUT2D eigenvalue weighted by atomic mass is 10.0. The van der Waals surface area contributed by atoms with Gasteiger partial charge in [-0.1, -0.05) is 0 Å². The van der Waals surface area contributed by atoms with E-state index in [2.05, 4.69) is 50.4 Å². The Balaban J connectivity index is 1.49. The number of esters is 1. The molecular weight excluding hydrogens is 504 g/mol. The molecule has 0 aliphatic carbocycles. The number of morpholine rings is 1. The van der Waals surface area contributed by atoms with Gasteiger partial charge in [0.2, 0.25) is 5.95 Å². The topological polar surface area (TPSA) is 127 Å². The van der Waals surface area contributed by atoms with Gasteiger partial charge in [0.05, 0.1) is 41.1 Å². The smallest absolute Gasteiger partial charge is 0.341 e. The fraction of sp³-hybridized carbons (Fsp3) is 0.385. The summed E-state index contributed by atoms with van der Waals surface area (Å²) in [5, 5.41) is 6.43. The van der Waals surface area contributed by atoms with Gasteiger partial charge in [0.25, 0.3) is 0 Å². The maximum atomic E-state index is 11.9. The molecule has 0 aromatic carbocycles. The highest BCUT2D eigenvalue weighted by atomic mass is 32.1. The van der Waals surface area contributed by atoms with Gasteiger partial charge < -0.3 is 25.0 Å². The minimum Gasteiger partial charge on any atom is -0.462 e. The molecule has 0 unspecified atom stereocenters. The number of carbonyl (C=O) groups is 1. The van der Waals surface area contributed by atoms with Crippen molar-refractivity contribution in [2.24, 2.45) is 0 Å². The molecule has 0 saturated carbocycles. The summed E-state index contributed by atoms with van der Waals surface area (Å²) in [4.78, 5) is 38.2. The Bertz CT molecular complexity index is 1420. The molecule has 0 amide bonds. The number of nitrogens with one attached hydrogen (secondary N) is 2. The first-order chi connectivity index (χ1) is 18.4. The van der Waals surface area contributed by atoms with Crippen LogP contribution >= 0.6 is 11.3 Å². The Labute approximate surface area is 224 Å². The van der Waals surface area contributed by atoms with Crippen molar-refractivity contribution in [1.29, 1.82) is 0 Å². The van der Waals surface area contributed by atoms with E-state index in [0.717, 1.165) is 45.4 Å². The van der Waals surface area contributed by atoms with Gasteiger partial charge in [-0.3, -0.25) is 0 Å². The molecule has 12 heteroatoms. The zero-order chi connectivity index (χ0) is 26.7.